The summed E-state index contributed by atoms with van der Waals surface area (Å²) in [5, 5.41) is 3.61. The molecule has 0 spiro atoms. The number of hydrogen-bond acceptors (Lipinski definition) is 1. The molecule has 98 valence electrons. The van der Waals surface area contributed by atoms with Gasteiger partial charge in [0.1, 0.15) is 0 Å². The summed E-state index contributed by atoms with van der Waals surface area (Å²) >= 11 is 0. The van der Waals surface area contributed by atoms with Gasteiger partial charge in [0.05, 0.1) is 0 Å². The maximum absolute atomic E-state index is 3.61. The second kappa shape index (κ2) is 7.58. The molecule has 1 atom stereocenters. The fraction of sp³-hybridized carbons (Fsp3) is 0.750. The number of dihydropyridines is 1. The minimum Gasteiger partial charge on any atom is -0.384 e. The van der Waals surface area contributed by atoms with Crippen LogP contribution >= 0.6 is 0 Å². The smallest absolute Gasteiger partial charge is 0.0473 e. The van der Waals surface area contributed by atoms with Crippen molar-refractivity contribution in [3.8, 4) is 0 Å². The van der Waals surface area contributed by atoms with Crippen LogP contribution in [0.3, 0.4) is 0 Å². The molecular weight excluding hydrogens is 206 g/mol. The fourth-order valence-corrected chi connectivity index (χ4v) is 2.80. The molecule has 0 aliphatic carbocycles. The van der Waals surface area contributed by atoms with E-state index in [1.807, 2.05) is 0 Å². The standard InChI is InChI=1S/C16H29N/c1-5-9-11-15-13(7-3)12-17-16(10-6-2)14(15)8-4/h12,16-17H,5-11H2,1-4H3. The van der Waals surface area contributed by atoms with Crippen LogP contribution in [0.4, 0.5) is 0 Å². The van der Waals surface area contributed by atoms with E-state index in [2.05, 4.69) is 39.2 Å². The van der Waals surface area contributed by atoms with Gasteiger partial charge in [-0.2, -0.15) is 0 Å². The Morgan fingerprint density at radius 1 is 1.06 bits per heavy atom. The molecule has 0 aromatic rings. The lowest BCUT2D eigenvalue weighted by atomic mass is 9.85. The van der Waals surface area contributed by atoms with Crippen LogP contribution < -0.4 is 5.32 Å². The van der Waals surface area contributed by atoms with E-state index >= 15 is 0 Å². The first-order chi connectivity index (χ1) is 8.28. The number of unbranched alkanes of at least 4 members (excludes halogenated alkanes) is 1. The van der Waals surface area contributed by atoms with Crippen molar-refractivity contribution in [1.82, 2.24) is 5.32 Å². The Labute approximate surface area is 107 Å². The molecule has 1 heterocycles. The monoisotopic (exact) mass is 235 g/mol. The molecule has 17 heavy (non-hydrogen) atoms. The summed E-state index contributed by atoms with van der Waals surface area (Å²) < 4.78 is 0. The van der Waals surface area contributed by atoms with Gasteiger partial charge >= 0.3 is 0 Å². The summed E-state index contributed by atoms with van der Waals surface area (Å²) in [4.78, 5) is 0. The zero-order valence-corrected chi connectivity index (χ0v) is 12.1. The van der Waals surface area contributed by atoms with Crippen molar-refractivity contribution in [2.45, 2.75) is 78.7 Å². The van der Waals surface area contributed by atoms with Crippen molar-refractivity contribution in [2.24, 2.45) is 0 Å². The minimum atomic E-state index is 0.604. The Morgan fingerprint density at radius 3 is 2.35 bits per heavy atom. The van der Waals surface area contributed by atoms with Gasteiger partial charge < -0.3 is 5.32 Å². The quantitative estimate of drug-likeness (QED) is 0.658. The summed E-state index contributed by atoms with van der Waals surface area (Å²) in [6, 6.07) is 0.604. The molecule has 1 rings (SSSR count). The molecule has 1 N–H and O–H groups in total. The molecular formula is C16H29N. The van der Waals surface area contributed by atoms with Crippen molar-refractivity contribution < 1.29 is 0 Å². The van der Waals surface area contributed by atoms with E-state index < -0.39 is 0 Å². The maximum atomic E-state index is 3.61. The SMILES string of the molecule is CCCCC1=C(CC)C(CCC)NC=C1CC. The highest BCUT2D eigenvalue weighted by atomic mass is 14.9. The van der Waals surface area contributed by atoms with E-state index in [1.165, 1.54) is 38.5 Å². The molecule has 1 unspecified atom stereocenters. The van der Waals surface area contributed by atoms with Crippen molar-refractivity contribution in [3.63, 3.8) is 0 Å². The molecule has 1 nitrogen and oxygen atoms in total. The molecule has 1 aliphatic rings. The van der Waals surface area contributed by atoms with Crippen LogP contribution in [-0.2, 0) is 0 Å². The average Bonchev–Trinajstić information content (AvgIpc) is 2.36. The van der Waals surface area contributed by atoms with E-state index in [4.69, 9.17) is 0 Å². The van der Waals surface area contributed by atoms with Crippen LogP contribution in [-0.4, -0.2) is 6.04 Å². The molecule has 0 saturated carbocycles. The van der Waals surface area contributed by atoms with Crippen molar-refractivity contribution in [3.05, 3.63) is 22.9 Å². The second-order valence-corrected chi connectivity index (χ2v) is 4.99. The first kappa shape index (κ1) is 14.3. The molecule has 0 fully saturated rings. The van der Waals surface area contributed by atoms with Crippen molar-refractivity contribution >= 4 is 0 Å². The third-order valence-electron chi connectivity index (χ3n) is 3.77. The van der Waals surface area contributed by atoms with Gasteiger partial charge in [0.15, 0.2) is 0 Å². The van der Waals surface area contributed by atoms with Gasteiger partial charge in [0.25, 0.3) is 0 Å². The summed E-state index contributed by atoms with van der Waals surface area (Å²) in [6.45, 7) is 9.14. The number of nitrogens with one attached hydrogen (secondary N) is 1. The summed E-state index contributed by atoms with van der Waals surface area (Å²) in [5.41, 5.74) is 4.90. The van der Waals surface area contributed by atoms with E-state index in [-0.39, 0.29) is 0 Å². The van der Waals surface area contributed by atoms with Crippen molar-refractivity contribution in [1.29, 1.82) is 0 Å². The zero-order valence-electron chi connectivity index (χ0n) is 12.1. The Balaban J connectivity index is 2.92. The molecule has 1 aliphatic heterocycles. The molecule has 0 radical (unpaired) electrons. The first-order valence-corrected chi connectivity index (χ1v) is 7.45. The van der Waals surface area contributed by atoms with Gasteiger partial charge in [-0.1, -0.05) is 40.5 Å². The Bertz CT molecular complexity index is 286. The normalized spacial score (nSPS) is 20.2. The van der Waals surface area contributed by atoms with Crippen LogP contribution in [0.2, 0.25) is 0 Å². The second-order valence-electron chi connectivity index (χ2n) is 4.99. The van der Waals surface area contributed by atoms with Crippen LogP contribution in [0.1, 0.15) is 72.6 Å². The lowest BCUT2D eigenvalue weighted by molar-refractivity contribution is 0.561. The molecule has 0 aromatic heterocycles. The van der Waals surface area contributed by atoms with E-state index in [0.717, 1.165) is 6.42 Å². The highest BCUT2D eigenvalue weighted by Crippen LogP contribution is 2.31. The van der Waals surface area contributed by atoms with Crippen LogP contribution in [0.5, 0.6) is 0 Å². The molecule has 0 aromatic carbocycles. The lowest BCUT2D eigenvalue weighted by Gasteiger charge is -2.30. The van der Waals surface area contributed by atoms with Gasteiger partial charge in [-0.15, -0.1) is 0 Å². The predicted octanol–water partition coefficient (Wildman–Crippen LogP) is 4.95. The highest BCUT2D eigenvalue weighted by Gasteiger charge is 2.20. The lowest BCUT2D eigenvalue weighted by Crippen LogP contribution is -2.31. The largest absolute Gasteiger partial charge is 0.384 e. The van der Waals surface area contributed by atoms with Crippen LogP contribution in [0, 0.1) is 0 Å². The van der Waals surface area contributed by atoms with Gasteiger partial charge in [-0.25, -0.2) is 0 Å². The van der Waals surface area contributed by atoms with Crippen LogP contribution in [0.15, 0.2) is 22.9 Å². The Kier molecular flexibility index (Phi) is 6.39. The molecule has 1 heteroatoms. The van der Waals surface area contributed by atoms with Gasteiger partial charge in [0.2, 0.25) is 0 Å². The number of hydrogen-bond donors (Lipinski definition) is 1. The van der Waals surface area contributed by atoms with E-state index in [0.29, 0.717) is 6.04 Å². The average molecular weight is 235 g/mol. The Morgan fingerprint density at radius 2 is 1.82 bits per heavy atom. The van der Waals surface area contributed by atoms with Gasteiger partial charge in [-0.3, -0.25) is 0 Å². The summed E-state index contributed by atoms with van der Waals surface area (Å²) in [5.74, 6) is 0. The predicted molar refractivity (Wildman–Crippen MR) is 77.0 cm³/mol. The zero-order chi connectivity index (χ0) is 12.7. The number of rotatable bonds is 7. The first-order valence-electron chi connectivity index (χ1n) is 7.45. The topological polar surface area (TPSA) is 12.0 Å². The Hall–Kier alpha value is -0.720. The number of allylic oxidation sites excluding steroid dienone is 2. The summed E-state index contributed by atoms with van der Waals surface area (Å²) in [6.07, 6.45) is 11.1. The third kappa shape index (κ3) is 3.62. The maximum Gasteiger partial charge on any atom is 0.0473 e. The minimum absolute atomic E-state index is 0.604. The summed E-state index contributed by atoms with van der Waals surface area (Å²) in [7, 11) is 0. The molecule has 0 saturated heterocycles. The van der Waals surface area contributed by atoms with Gasteiger partial charge in [-0.05, 0) is 48.8 Å². The molecule has 0 bridgehead atoms. The fourth-order valence-electron chi connectivity index (χ4n) is 2.80. The molecule has 0 amide bonds. The third-order valence-corrected chi connectivity index (χ3v) is 3.77. The highest BCUT2D eigenvalue weighted by molar-refractivity contribution is 5.40. The van der Waals surface area contributed by atoms with Gasteiger partial charge in [0, 0.05) is 12.2 Å². The van der Waals surface area contributed by atoms with Crippen molar-refractivity contribution in [2.75, 3.05) is 0 Å². The van der Waals surface area contributed by atoms with Crippen LogP contribution in [0.25, 0.3) is 0 Å². The van der Waals surface area contributed by atoms with E-state index in [1.54, 1.807) is 16.7 Å². The van der Waals surface area contributed by atoms with E-state index in [9.17, 15) is 0 Å².